The number of rotatable bonds is 4. The number of amides is 1. The van der Waals surface area contributed by atoms with E-state index in [1.165, 1.54) is 19.3 Å². The van der Waals surface area contributed by atoms with Crippen molar-refractivity contribution in [2.75, 3.05) is 13.1 Å². The Kier molecular flexibility index (Phi) is 4.81. The summed E-state index contributed by atoms with van der Waals surface area (Å²) < 4.78 is 2.17. The fourth-order valence-corrected chi connectivity index (χ4v) is 3.86. The molecule has 0 bridgehead atoms. The Morgan fingerprint density at radius 2 is 2.09 bits per heavy atom. The minimum absolute atomic E-state index is 0.0180. The van der Waals surface area contributed by atoms with Gasteiger partial charge in [-0.15, -0.1) is 0 Å². The molecule has 1 aromatic heterocycles. The third-order valence-electron chi connectivity index (χ3n) is 4.97. The van der Waals surface area contributed by atoms with Gasteiger partial charge in [-0.25, -0.2) is 4.98 Å². The average molecular weight is 304 g/mol. The van der Waals surface area contributed by atoms with Crippen molar-refractivity contribution in [3.63, 3.8) is 0 Å². The first kappa shape index (κ1) is 15.5. The van der Waals surface area contributed by atoms with Crippen LogP contribution in [-0.4, -0.2) is 45.5 Å². The molecule has 0 radical (unpaired) electrons. The maximum atomic E-state index is 12.8. The number of piperidine rings is 1. The number of hydrogen-bond donors (Lipinski definition) is 1. The summed E-state index contributed by atoms with van der Waals surface area (Å²) in [5, 5.41) is 3.30. The first-order valence-electron chi connectivity index (χ1n) is 8.69. The maximum Gasteiger partial charge on any atom is 0.237 e. The molecule has 2 aliphatic rings. The number of likely N-dealkylation sites (tertiary alicyclic amines) is 1. The molecule has 1 fully saturated rings. The van der Waals surface area contributed by atoms with Gasteiger partial charge in [-0.05, 0) is 38.3 Å². The Morgan fingerprint density at radius 3 is 2.82 bits per heavy atom. The van der Waals surface area contributed by atoms with Crippen LogP contribution in [0.4, 0.5) is 0 Å². The second kappa shape index (κ2) is 6.82. The monoisotopic (exact) mass is 304 g/mol. The molecule has 3 rings (SSSR count). The first-order chi connectivity index (χ1) is 10.6. The van der Waals surface area contributed by atoms with E-state index < -0.39 is 0 Å². The Labute approximate surface area is 133 Å². The van der Waals surface area contributed by atoms with E-state index in [1.54, 1.807) is 0 Å². The molecule has 22 heavy (non-hydrogen) atoms. The van der Waals surface area contributed by atoms with E-state index in [0.29, 0.717) is 5.92 Å². The second-order valence-corrected chi connectivity index (χ2v) is 7.03. The topological polar surface area (TPSA) is 50.2 Å². The summed E-state index contributed by atoms with van der Waals surface area (Å²) in [6, 6.07) is 0.254. The molecule has 2 aliphatic heterocycles. The van der Waals surface area contributed by atoms with Crippen LogP contribution in [0.3, 0.4) is 0 Å². The number of fused-ring (bicyclic) bond motifs is 1. The van der Waals surface area contributed by atoms with Crippen molar-refractivity contribution in [1.29, 1.82) is 0 Å². The van der Waals surface area contributed by atoms with E-state index in [9.17, 15) is 4.79 Å². The first-order valence-corrected chi connectivity index (χ1v) is 8.69. The summed E-state index contributed by atoms with van der Waals surface area (Å²) in [7, 11) is 0. The molecule has 1 aromatic rings. The minimum Gasteiger partial charge on any atom is -0.350 e. The van der Waals surface area contributed by atoms with Gasteiger partial charge in [0.25, 0.3) is 0 Å². The second-order valence-electron chi connectivity index (χ2n) is 7.03. The van der Waals surface area contributed by atoms with E-state index in [1.807, 2.05) is 12.4 Å². The Morgan fingerprint density at radius 1 is 1.32 bits per heavy atom. The molecule has 1 saturated heterocycles. The summed E-state index contributed by atoms with van der Waals surface area (Å²) in [6.07, 6.45) is 9.55. The summed E-state index contributed by atoms with van der Waals surface area (Å²) in [4.78, 5) is 19.6. The van der Waals surface area contributed by atoms with Gasteiger partial charge in [-0.1, -0.05) is 20.3 Å². The zero-order chi connectivity index (χ0) is 15.5. The highest BCUT2D eigenvalue weighted by atomic mass is 16.2. The SMILES string of the molecule is CC(C)[C@H](C(=O)N[C@H]1CCc2nccn2C1)N1CCCCC1. The molecule has 5 heteroatoms. The van der Waals surface area contributed by atoms with Gasteiger partial charge >= 0.3 is 0 Å². The van der Waals surface area contributed by atoms with E-state index in [4.69, 9.17) is 0 Å². The molecule has 0 unspecified atom stereocenters. The lowest BCUT2D eigenvalue weighted by Crippen LogP contribution is -2.54. The number of carbonyl (C=O) groups excluding carboxylic acids is 1. The van der Waals surface area contributed by atoms with E-state index in [0.717, 1.165) is 38.3 Å². The molecular formula is C17H28N4O. The van der Waals surface area contributed by atoms with Gasteiger partial charge in [0, 0.05) is 31.4 Å². The third kappa shape index (κ3) is 3.35. The van der Waals surface area contributed by atoms with Crippen molar-refractivity contribution in [3.05, 3.63) is 18.2 Å². The van der Waals surface area contributed by atoms with Crippen LogP contribution < -0.4 is 5.32 Å². The normalized spacial score (nSPS) is 24.0. The number of nitrogens with zero attached hydrogens (tertiary/aromatic N) is 3. The van der Waals surface area contributed by atoms with E-state index in [-0.39, 0.29) is 18.0 Å². The van der Waals surface area contributed by atoms with Crippen LogP contribution in [0.1, 0.15) is 45.4 Å². The van der Waals surface area contributed by atoms with Crippen molar-refractivity contribution >= 4 is 5.91 Å². The van der Waals surface area contributed by atoms with Gasteiger partial charge in [0.15, 0.2) is 0 Å². The number of aryl methyl sites for hydroxylation is 1. The van der Waals surface area contributed by atoms with Crippen LogP contribution >= 0.6 is 0 Å². The largest absolute Gasteiger partial charge is 0.350 e. The Bertz CT molecular complexity index is 505. The van der Waals surface area contributed by atoms with Crippen LogP contribution in [0.2, 0.25) is 0 Å². The molecule has 0 spiro atoms. The Hall–Kier alpha value is -1.36. The van der Waals surface area contributed by atoms with Crippen molar-refractivity contribution in [3.8, 4) is 0 Å². The molecule has 5 nitrogen and oxygen atoms in total. The summed E-state index contributed by atoms with van der Waals surface area (Å²) in [5.74, 6) is 1.71. The fourth-order valence-electron chi connectivity index (χ4n) is 3.86. The fraction of sp³-hybridized carbons (Fsp3) is 0.765. The molecule has 1 amide bonds. The van der Waals surface area contributed by atoms with E-state index in [2.05, 4.69) is 33.6 Å². The number of nitrogens with one attached hydrogen (secondary N) is 1. The lowest BCUT2D eigenvalue weighted by atomic mass is 9.97. The van der Waals surface area contributed by atoms with Gasteiger partial charge in [0.2, 0.25) is 5.91 Å². The predicted octanol–water partition coefficient (Wildman–Crippen LogP) is 1.82. The number of hydrogen-bond acceptors (Lipinski definition) is 3. The lowest BCUT2D eigenvalue weighted by molar-refractivity contribution is -0.129. The van der Waals surface area contributed by atoms with Gasteiger partial charge in [0.05, 0.1) is 6.04 Å². The number of carbonyl (C=O) groups is 1. The van der Waals surface area contributed by atoms with Gasteiger partial charge < -0.3 is 9.88 Å². The van der Waals surface area contributed by atoms with Gasteiger partial charge in [-0.2, -0.15) is 0 Å². The minimum atomic E-state index is 0.0180. The molecular weight excluding hydrogens is 276 g/mol. The van der Waals surface area contributed by atoms with Crippen molar-refractivity contribution in [1.82, 2.24) is 19.8 Å². The van der Waals surface area contributed by atoms with E-state index >= 15 is 0 Å². The average Bonchev–Trinajstić information content (AvgIpc) is 2.95. The molecule has 0 saturated carbocycles. The summed E-state index contributed by atoms with van der Waals surface area (Å²) in [5.41, 5.74) is 0. The van der Waals surface area contributed by atoms with Crippen molar-refractivity contribution in [2.45, 2.75) is 64.6 Å². The molecule has 122 valence electrons. The lowest BCUT2D eigenvalue weighted by Gasteiger charge is -2.37. The summed E-state index contributed by atoms with van der Waals surface area (Å²) in [6.45, 7) is 7.30. The highest BCUT2D eigenvalue weighted by Crippen LogP contribution is 2.19. The predicted molar refractivity (Wildman–Crippen MR) is 86.5 cm³/mol. The maximum absolute atomic E-state index is 12.8. The van der Waals surface area contributed by atoms with Crippen LogP contribution in [0, 0.1) is 5.92 Å². The molecule has 3 heterocycles. The molecule has 1 N–H and O–H groups in total. The quantitative estimate of drug-likeness (QED) is 0.923. The van der Waals surface area contributed by atoms with Crippen LogP contribution in [-0.2, 0) is 17.8 Å². The van der Waals surface area contributed by atoms with Crippen LogP contribution in [0.5, 0.6) is 0 Å². The number of imidazole rings is 1. The smallest absolute Gasteiger partial charge is 0.237 e. The highest BCUT2D eigenvalue weighted by molar-refractivity contribution is 5.82. The van der Waals surface area contributed by atoms with Gasteiger partial charge in [0.1, 0.15) is 5.82 Å². The van der Waals surface area contributed by atoms with Crippen LogP contribution in [0.25, 0.3) is 0 Å². The molecule has 2 atom stereocenters. The number of aromatic nitrogens is 2. The van der Waals surface area contributed by atoms with Crippen molar-refractivity contribution in [2.24, 2.45) is 5.92 Å². The summed E-state index contributed by atoms with van der Waals surface area (Å²) >= 11 is 0. The molecule has 0 aromatic carbocycles. The van der Waals surface area contributed by atoms with Crippen molar-refractivity contribution < 1.29 is 4.79 Å². The van der Waals surface area contributed by atoms with Crippen LogP contribution in [0.15, 0.2) is 12.4 Å². The molecule has 0 aliphatic carbocycles. The third-order valence-corrected chi connectivity index (χ3v) is 4.97. The Balaban J connectivity index is 1.62. The zero-order valence-corrected chi connectivity index (χ0v) is 13.8. The zero-order valence-electron chi connectivity index (χ0n) is 13.8. The highest BCUT2D eigenvalue weighted by Gasteiger charge is 2.31. The standard InChI is InChI=1S/C17H28N4O/c1-13(2)16(20-9-4-3-5-10-20)17(22)19-14-6-7-15-18-8-11-21(15)12-14/h8,11,13-14,16H,3-7,9-10,12H2,1-2H3,(H,19,22)/t14-,16+/m0/s1. The van der Waals surface area contributed by atoms with Gasteiger partial charge in [-0.3, -0.25) is 9.69 Å².